The maximum Gasteiger partial charge on any atom is 0.253 e. The SMILES string of the molecule is CC(C)C1CCCCC1NC(=O)c1cccc(F)c1N. The van der Waals surface area contributed by atoms with Crippen molar-refractivity contribution in [2.75, 3.05) is 5.73 Å². The van der Waals surface area contributed by atoms with Crippen LogP contribution in [0.2, 0.25) is 0 Å². The summed E-state index contributed by atoms with van der Waals surface area (Å²) in [6.07, 6.45) is 4.48. The van der Waals surface area contributed by atoms with Crippen molar-refractivity contribution in [3.8, 4) is 0 Å². The summed E-state index contributed by atoms with van der Waals surface area (Å²) in [4.78, 5) is 12.3. The molecule has 2 atom stereocenters. The highest BCUT2D eigenvalue weighted by atomic mass is 19.1. The van der Waals surface area contributed by atoms with Crippen LogP contribution in [0.4, 0.5) is 10.1 Å². The van der Waals surface area contributed by atoms with Crippen LogP contribution >= 0.6 is 0 Å². The second-order valence-electron chi connectivity index (χ2n) is 5.97. The smallest absolute Gasteiger partial charge is 0.253 e. The van der Waals surface area contributed by atoms with Crippen molar-refractivity contribution in [1.82, 2.24) is 5.32 Å². The van der Waals surface area contributed by atoms with Gasteiger partial charge in [0.25, 0.3) is 5.91 Å². The molecule has 2 unspecified atom stereocenters. The number of anilines is 1. The van der Waals surface area contributed by atoms with Gasteiger partial charge in [0.05, 0.1) is 11.3 Å². The molecule has 0 heterocycles. The fourth-order valence-corrected chi connectivity index (χ4v) is 3.12. The minimum atomic E-state index is -0.540. The van der Waals surface area contributed by atoms with Crippen LogP contribution in [0, 0.1) is 17.7 Å². The van der Waals surface area contributed by atoms with Crippen LogP contribution in [0.5, 0.6) is 0 Å². The lowest BCUT2D eigenvalue weighted by Crippen LogP contribution is -2.44. The standard InChI is InChI=1S/C16H23FN2O/c1-10(2)11-6-3-4-9-14(11)19-16(20)12-7-5-8-13(17)15(12)18/h5,7-8,10-11,14H,3-4,6,9,18H2,1-2H3,(H,19,20). The number of carbonyl (C=O) groups excluding carboxylic acids is 1. The van der Waals surface area contributed by atoms with E-state index in [1.807, 2.05) is 0 Å². The number of amides is 1. The van der Waals surface area contributed by atoms with Gasteiger partial charge in [-0.25, -0.2) is 4.39 Å². The zero-order chi connectivity index (χ0) is 14.7. The first-order valence-corrected chi connectivity index (χ1v) is 7.35. The van der Waals surface area contributed by atoms with Gasteiger partial charge >= 0.3 is 0 Å². The summed E-state index contributed by atoms with van der Waals surface area (Å²) in [5.74, 6) is 0.217. The van der Waals surface area contributed by atoms with E-state index >= 15 is 0 Å². The van der Waals surface area contributed by atoms with Gasteiger partial charge in [-0.05, 0) is 36.8 Å². The molecule has 1 fully saturated rings. The Morgan fingerprint density at radius 1 is 1.35 bits per heavy atom. The molecule has 1 aliphatic carbocycles. The molecular formula is C16H23FN2O. The Labute approximate surface area is 119 Å². The molecule has 1 saturated carbocycles. The average molecular weight is 278 g/mol. The number of nitrogens with one attached hydrogen (secondary N) is 1. The van der Waals surface area contributed by atoms with Gasteiger partial charge in [0, 0.05) is 6.04 Å². The lowest BCUT2D eigenvalue weighted by atomic mass is 9.78. The zero-order valence-electron chi connectivity index (χ0n) is 12.2. The predicted octanol–water partition coefficient (Wildman–Crippen LogP) is 3.35. The number of hydrogen-bond acceptors (Lipinski definition) is 2. The van der Waals surface area contributed by atoms with E-state index < -0.39 is 5.82 Å². The molecule has 3 nitrogen and oxygen atoms in total. The fourth-order valence-electron chi connectivity index (χ4n) is 3.12. The second kappa shape index (κ2) is 6.25. The number of carbonyl (C=O) groups is 1. The Bertz CT molecular complexity index is 487. The van der Waals surface area contributed by atoms with Crippen molar-refractivity contribution >= 4 is 11.6 Å². The zero-order valence-corrected chi connectivity index (χ0v) is 12.2. The molecular weight excluding hydrogens is 255 g/mol. The van der Waals surface area contributed by atoms with Crippen LogP contribution in [0.15, 0.2) is 18.2 Å². The van der Waals surface area contributed by atoms with Crippen molar-refractivity contribution < 1.29 is 9.18 Å². The highest BCUT2D eigenvalue weighted by molar-refractivity contribution is 5.99. The molecule has 0 aliphatic heterocycles. The maximum atomic E-state index is 13.4. The highest BCUT2D eigenvalue weighted by Gasteiger charge is 2.29. The molecule has 3 N–H and O–H groups in total. The Morgan fingerprint density at radius 2 is 2.05 bits per heavy atom. The molecule has 0 radical (unpaired) electrons. The largest absolute Gasteiger partial charge is 0.396 e. The van der Waals surface area contributed by atoms with E-state index in [9.17, 15) is 9.18 Å². The van der Waals surface area contributed by atoms with E-state index in [1.54, 1.807) is 6.07 Å². The summed E-state index contributed by atoms with van der Waals surface area (Å²) >= 11 is 0. The summed E-state index contributed by atoms with van der Waals surface area (Å²) in [6, 6.07) is 4.52. The van der Waals surface area contributed by atoms with E-state index in [-0.39, 0.29) is 23.2 Å². The Morgan fingerprint density at radius 3 is 2.75 bits per heavy atom. The van der Waals surface area contributed by atoms with Crippen molar-refractivity contribution in [2.45, 2.75) is 45.6 Å². The number of benzene rings is 1. The van der Waals surface area contributed by atoms with Gasteiger partial charge in [0.2, 0.25) is 0 Å². The van der Waals surface area contributed by atoms with Gasteiger partial charge in [-0.15, -0.1) is 0 Å². The molecule has 1 aromatic rings. The lowest BCUT2D eigenvalue weighted by molar-refractivity contribution is 0.0889. The third kappa shape index (κ3) is 3.11. The molecule has 1 aliphatic rings. The van der Waals surface area contributed by atoms with Gasteiger partial charge in [-0.2, -0.15) is 0 Å². The van der Waals surface area contributed by atoms with Crippen LogP contribution in [-0.2, 0) is 0 Å². The molecule has 0 saturated heterocycles. The van der Waals surface area contributed by atoms with Crippen LogP contribution in [0.3, 0.4) is 0 Å². The van der Waals surface area contributed by atoms with Crippen molar-refractivity contribution in [2.24, 2.45) is 11.8 Å². The molecule has 4 heteroatoms. The monoisotopic (exact) mass is 278 g/mol. The summed E-state index contributed by atoms with van der Waals surface area (Å²) in [7, 11) is 0. The van der Waals surface area contributed by atoms with E-state index in [1.165, 1.54) is 18.6 Å². The quantitative estimate of drug-likeness (QED) is 0.833. The minimum Gasteiger partial charge on any atom is -0.396 e. The van der Waals surface area contributed by atoms with E-state index in [0.29, 0.717) is 11.8 Å². The summed E-state index contributed by atoms with van der Waals surface area (Å²) < 4.78 is 13.4. The van der Waals surface area contributed by atoms with E-state index in [0.717, 1.165) is 19.3 Å². The minimum absolute atomic E-state index is 0.0677. The fraction of sp³-hybridized carbons (Fsp3) is 0.562. The molecule has 2 rings (SSSR count). The van der Waals surface area contributed by atoms with Gasteiger partial charge < -0.3 is 11.1 Å². The topological polar surface area (TPSA) is 55.1 Å². The summed E-state index contributed by atoms with van der Waals surface area (Å²) in [5.41, 5.74) is 5.81. The normalized spacial score (nSPS) is 22.8. The number of halogens is 1. The molecule has 0 aromatic heterocycles. The molecule has 110 valence electrons. The van der Waals surface area contributed by atoms with Crippen LogP contribution < -0.4 is 11.1 Å². The first-order valence-electron chi connectivity index (χ1n) is 7.35. The molecule has 0 bridgehead atoms. The van der Waals surface area contributed by atoms with Gasteiger partial charge in [-0.3, -0.25) is 4.79 Å². The number of hydrogen-bond donors (Lipinski definition) is 2. The van der Waals surface area contributed by atoms with Crippen molar-refractivity contribution in [3.05, 3.63) is 29.6 Å². The molecule has 1 aromatic carbocycles. The highest BCUT2D eigenvalue weighted by Crippen LogP contribution is 2.30. The maximum absolute atomic E-state index is 13.4. The van der Waals surface area contributed by atoms with Crippen LogP contribution in [-0.4, -0.2) is 11.9 Å². The average Bonchev–Trinajstić information content (AvgIpc) is 2.42. The van der Waals surface area contributed by atoms with E-state index in [4.69, 9.17) is 5.73 Å². The van der Waals surface area contributed by atoms with Gasteiger partial charge in [0.1, 0.15) is 5.82 Å². The van der Waals surface area contributed by atoms with Gasteiger partial charge in [0.15, 0.2) is 0 Å². The molecule has 20 heavy (non-hydrogen) atoms. The van der Waals surface area contributed by atoms with Crippen molar-refractivity contribution in [1.29, 1.82) is 0 Å². The Balaban J connectivity index is 2.12. The Hall–Kier alpha value is -1.58. The summed E-state index contributed by atoms with van der Waals surface area (Å²) in [6.45, 7) is 4.37. The Kier molecular flexibility index (Phi) is 4.63. The van der Waals surface area contributed by atoms with Crippen molar-refractivity contribution in [3.63, 3.8) is 0 Å². The second-order valence-corrected chi connectivity index (χ2v) is 5.97. The molecule has 1 amide bonds. The first-order chi connectivity index (χ1) is 9.50. The van der Waals surface area contributed by atoms with E-state index in [2.05, 4.69) is 19.2 Å². The van der Waals surface area contributed by atoms with Crippen LogP contribution in [0.25, 0.3) is 0 Å². The summed E-state index contributed by atoms with van der Waals surface area (Å²) in [5, 5.41) is 3.05. The number of para-hydroxylation sites is 1. The van der Waals surface area contributed by atoms with Gasteiger partial charge in [-0.1, -0.05) is 32.8 Å². The number of nitrogen functional groups attached to an aromatic ring is 1. The first kappa shape index (κ1) is 14.8. The third-order valence-electron chi connectivity index (χ3n) is 4.29. The lowest BCUT2D eigenvalue weighted by Gasteiger charge is -2.35. The number of rotatable bonds is 3. The molecule has 0 spiro atoms. The predicted molar refractivity (Wildman–Crippen MR) is 78.9 cm³/mol. The number of nitrogens with two attached hydrogens (primary N) is 1. The van der Waals surface area contributed by atoms with Crippen LogP contribution in [0.1, 0.15) is 49.9 Å². The third-order valence-corrected chi connectivity index (χ3v) is 4.29.